The third-order valence-electron chi connectivity index (χ3n) is 6.13. The molecular formula is C26H31N7O3. The Bertz CT molecular complexity index is 1290. The van der Waals surface area contributed by atoms with Crippen LogP contribution >= 0.6 is 0 Å². The van der Waals surface area contributed by atoms with E-state index in [1.54, 1.807) is 19.2 Å². The fourth-order valence-electron chi connectivity index (χ4n) is 4.11. The van der Waals surface area contributed by atoms with E-state index in [1.807, 2.05) is 36.1 Å². The number of nitrogens with one attached hydrogen (secondary N) is 2. The van der Waals surface area contributed by atoms with E-state index in [1.165, 1.54) is 19.5 Å². The summed E-state index contributed by atoms with van der Waals surface area (Å²) in [5.41, 5.74) is 2.85. The average molecular weight is 490 g/mol. The van der Waals surface area contributed by atoms with E-state index in [0.29, 0.717) is 30.5 Å². The van der Waals surface area contributed by atoms with Crippen LogP contribution in [0.2, 0.25) is 0 Å². The van der Waals surface area contributed by atoms with Gasteiger partial charge in [0.05, 0.1) is 12.6 Å². The number of carbonyl (C=O) groups excluding carboxylic acids is 2. The smallest absolute Gasteiger partial charge is 0.248 e. The molecule has 1 atom stereocenters. The quantitative estimate of drug-likeness (QED) is 0.487. The topological polar surface area (TPSA) is 113 Å². The molecule has 10 nitrogen and oxygen atoms in total. The Morgan fingerprint density at radius 3 is 2.58 bits per heavy atom. The van der Waals surface area contributed by atoms with Crippen LogP contribution in [0, 0.1) is 0 Å². The highest BCUT2D eigenvalue weighted by molar-refractivity contribution is 6.00. The Kier molecular flexibility index (Phi) is 7.74. The SMILES string of the molecule is C/C=C/C(=O)Nc1cc(-c2ccc3ncnc(N[C@@H](C)C(=O)N4CCN(C)CC4)c3c2)cnc1OC. The summed E-state index contributed by atoms with van der Waals surface area (Å²) < 4.78 is 5.31. The molecule has 0 saturated carbocycles. The fourth-order valence-corrected chi connectivity index (χ4v) is 4.11. The van der Waals surface area contributed by atoms with Crippen LogP contribution in [0.5, 0.6) is 5.88 Å². The summed E-state index contributed by atoms with van der Waals surface area (Å²) in [6.07, 6.45) is 6.26. The minimum Gasteiger partial charge on any atom is -0.480 e. The van der Waals surface area contributed by atoms with Crippen LogP contribution in [0.15, 0.2) is 48.9 Å². The normalized spacial score (nSPS) is 15.2. The Hall–Kier alpha value is -4.05. The van der Waals surface area contributed by atoms with Gasteiger partial charge in [0.2, 0.25) is 17.7 Å². The van der Waals surface area contributed by atoms with Crippen LogP contribution in [0.1, 0.15) is 13.8 Å². The lowest BCUT2D eigenvalue weighted by molar-refractivity contribution is -0.133. The maximum absolute atomic E-state index is 13.0. The zero-order valence-corrected chi connectivity index (χ0v) is 21.0. The summed E-state index contributed by atoms with van der Waals surface area (Å²) in [6, 6.07) is 7.15. The van der Waals surface area contributed by atoms with Crippen molar-refractivity contribution >= 4 is 34.2 Å². The van der Waals surface area contributed by atoms with E-state index in [9.17, 15) is 9.59 Å². The van der Waals surface area contributed by atoms with Gasteiger partial charge in [-0.15, -0.1) is 0 Å². The van der Waals surface area contributed by atoms with Gasteiger partial charge in [0.25, 0.3) is 0 Å². The Labute approximate surface area is 210 Å². The third-order valence-corrected chi connectivity index (χ3v) is 6.13. The van der Waals surface area contributed by atoms with Crippen molar-refractivity contribution in [3.63, 3.8) is 0 Å². The van der Waals surface area contributed by atoms with Gasteiger partial charge in [0, 0.05) is 43.3 Å². The van der Waals surface area contributed by atoms with Crippen molar-refractivity contribution in [2.75, 3.05) is 51.0 Å². The van der Waals surface area contributed by atoms with E-state index in [2.05, 4.69) is 37.5 Å². The molecular weight excluding hydrogens is 458 g/mol. The number of ether oxygens (including phenoxy) is 1. The lowest BCUT2D eigenvalue weighted by Crippen LogP contribution is -2.51. The molecule has 0 aliphatic carbocycles. The largest absolute Gasteiger partial charge is 0.480 e. The number of benzene rings is 1. The first-order valence-electron chi connectivity index (χ1n) is 11.9. The molecule has 1 aromatic carbocycles. The summed E-state index contributed by atoms with van der Waals surface area (Å²) in [5.74, 6) is 0.679. The van der Waals surface area contributed by atoms with Gasteiger partial charge in [-0.2, -0.15) is 0 Å². The number of rotatable bonds is 7. The Morgan fingerprint density at radius 1 is 1.08 bits per heavy atom. The van der Waals surface area contributed by atoms with Gasteiger partial charge < -0.3 is 25.2 Å². The second kappa shape index (κ2) is 11.1. The van der Waals surface area contributed by atoms with Gasteiger partial charge in [-0.3, -0.25) is 9.59 Å². The highest BCUT2D eigenvalue weighted by Crippen LogP contribution is 2.31. The molecule has 0 bridgehead atoms. The molecule has 2 amide bonds. The molecule has 0 radical (unpaired) electrons. The van der Waals surface area contributed by atoms with Crippen LogP contribution in [0.25, 0.3) is 22.0 Å². The van der Waals surface area contributed by atoms with Gasteiger partial charge in [-0.25, -0.2) is 15.0 Å². The predicted molar refractivity (Wildman–Crippen MR) is 140 cm³/mol. The molecule has 0 spiro atoms. The summed E-state index contributed by atoms with van der Waals surface area (Å²) in [6.45, 7) is 6.79. The number of pyridine rings is 1. The molecule has 3 aromatic rings. The molecule has 1 aliphatic heterocycles. The number of carbonyl (C=O) groups is 2. The van der Waals surface area contributed by atoms with Crippen molar-refractivity contribution in [1.29, 1.82) is 0 Å². The van der Waals surface area contributed by atoms with E-state index in [-0.39, 0.29) is 11.8 Å². The molecule has 1 aliphatic rings. The van der Waals surface area contributed by atoms with E-state index >= 15 is 0 Å². The lowest BCUT2D eigenvalue weighted by Gasteiger charge is -2.34. The molecule has 1 saturated heterocycles. The zero-order valence-electron chi connectivity index (χ0n) is 21.0. The standard InChI is InChI=1S/C26H31N7O3/c1-5-6-23(34)31-22-14-19(15-27-25(22)36-4)18-7-8-21-20(13-18)24(29-16-28-21)30-17(2)26(35)33-11-9-32(3)10-12-33/h5-8,13-17H,9-12H2,1-4H3,(H,31,34)(H,28,29,30)/b6-5+/t17-/m0/s1. The van der Waals surface area contributed by atoms with Gasteiger partial charge in [-0.05, 0) is 50.7 Å². The van der Waals surface area contributed by atoms with Crippen LogP contribution in [0.3, 0.4) is 0 Å². The monoisotopic (exact) mass is 489 g/mol. The number of nitrogens with zero attached hydrogens (tertiary/aromatic N) is 5. The number of amides is 2. The van der Waals surface area contributed by atoms with Crippen molar-refractivity contribution in [2.45, 2.75) is 19.9 Å². The molecule has 2 aromatic heterocycles. The number of fused-ring (bicyclic) bond motifs is 1. The van der Waals surface area contributed by atoms with Crippen LogP contribution in [0.4, 0.5) is 11.5 Å². The summed E-state index contributed by atoms with van der Waals surface area (Å²) >= 11 is 0. The van der Waals surface area contributed by atoms with Gasteiger partial charge in [0.1, 0.15) is 23.9 Å². The molecule has 1 fully saturated rings. The second-order valence-electron chi connectivity index (χ2n) is 8.72. The first-order valence-corrected chi connectivity index (χ1v) is 11.9. The van der Waals surface area contributed by atoms with Gasteiger partial charge in [0.15, 0.2) is 0 Å². The van der Waals surface area contributed by atoms with Gasteiger partial charge in [-0.1, -0.05) is 12.1 Å². The highest BCUT2D eigenvalue weighted by atomic mass is 16.5. The highest BCUT2D eigenvalue weighted by Gasteiger charge is 2.24. The van der Waals surface area contributed by atoms with Crippen molar-refractivity contribution in [2.24, 2.45) is 0 Å². The average Bonchev–Trinajstić information content (AvgIpc) is 2.88. The minimum atomic E-state index is -0.439. The third kappa shape index (κ3) is 5.60. The van der Waals surface area contributed by atoms with Crippen LogP contribution in [-0.2, 0) is 9.59 Å². The predicted octanol–water partition coefficient (Wildman–Crippen LogP) is 2.79. The van der Waals surface area contributed by atoms with Crippen molar-refractivity contribution in [3.8, 4) is 17.0 Å². The van der Waals surface area contributed by atoms with Crippen LogP contribution < -0.4 is 15.4 Å². The number of likely N-dealkylation sites (N-methyl/N-ethyl adjacent to an activating group) is 1. The first kappa shape index (κ1) is 25.1. The summed E-state index contributed by atoms with van der Waals surface area (Å²) in [5, 5.41) is 6.86. The van der Waals surface area contributed by atoms with Crippen LogP contribution in [-0.4, -0.2) is 82.9 Å². The van der Waals surface area contributed by atoms with E-state index in [0.717, 1.165) is 35.1 Å². The summed E-state index contributed by atoms with van der Waals surface area (Å²) in [4.78, 5) is 42.4. The second-order valence-corrected chi connectivity index (χ2v) is 8.72. The van der Waals surface area contributed by atoms with E-state index < -0.39 is 6.04 Å². The summed E-state index contributed by atoms with van der Waals surface area (Å²) in [7, 11) is 3.56. The molecule has 36 heavy (non-hydrogen) atoms. The maximum atomic E-state index is 13.0. The molecule has 2 N–H and O–H groups in total. The molecule has 10 heteroatoms. The number of hydrogen-bond donors (Lipinski definition) is 2. The number of allylic oxidation sites excluding steroid dienone is 1. The van der Waals surface area contributed by atoms with Gasteiger partial charge >= 0.3 is 0 Å². The van der Waals surface area contributed by atoms with Crippen molar-refractivity contribution in [3.05, 3.63) is 48.9 Å². The van der Waals surface area contributed by atoms with E-state index in [4.69, 9.17) is 4.74 Å². The number of aromatic nitrogens is 3. The number of anilines is 2. The molecule has 188 valence electrons. The zero-order chi connectivity index (χ0) is 25.7. The molecule has 4 rings (SSSR count). The Balaban J connectivity index is 1.61. The molecule has 0 unspecified atom stereocenters. The Morgan fingerprint density at radius 2 is 1.86 bits per heavy atom. The van der Waals surface area contributed by atoms with Crippen molar-refractivity contribution in [1.82, 2.24) is 24.8 Å². The minimum absolute atomic E-state index is 0.0480. The van der Waals surface area contributed by atoms with Crippen molar-refractivity contribution < 1.29 is 14.3 Å². The molecule has 3 heterocycles. The lowest BCUT2D eigenvalue weighted by atomic mass is 10.0. The fraction of sp³-hybridized carbons (Fsp3) is 0.346. The first-order chi connectivity index (χ1) is 17.4. The maximum Gasteiger partial charge on any atom is 0.248 e. The number of hydrogen-bond acceptors (Lipinski definition) is 8. The number of piperazine rings is 1. The number of methoxy groups -OCH3 is 1.